The Labute approximate surface area is 137 Å². The number of carbonyl (C=O) groups is 1. The highest BCUT2D eigenvalue weighted by Gasteiger charge is 2.27. The molecule has 2 heterocycles. The predicted octanol–water partition coefficient (Wildman–Crippen LogP) is 0.00730. The number of amides is 1. The highest BCUT2D eigenvalue weighted by molar-refractivity contribution is 7.89. The number of piperazine rings is 1. The Hall–Kier alpha value is -1.51. The fourth-order valence-corrected chi connectivity index (χ4v) is 3.67. The molecule has 0 saturated carbocycles. The van der Waals surface area contributed by atoms with Gasteiger partial charge in [-0.1, -0.05) is 6.07 Å². The van der Waals surface area contributed by atoms with Gasteiger partial charge < -0.3 is 4.90 Å². The van der Waals surface area contributed by atoms with E-state index in [0.717, 1.165) is 5.56 Å². The molecule has 1 aliphatic heterocycles. The third-order valence-corrected chi connectivity index (χ3v) is 5.81. The van der Waals surface area contributed by atoms with E-state index in [2.05, 4.69) is 4.98 Å². The number of pyridine rings is 1. The van der Waals surface area contributed by atoms with Crippen LogP contribution in [0.15, 0.2) is 24.5 Å². The molecule has 0 N–H and O–H groups in total. The summed E-state index contributed by atoms with van der Waals surface area (Å²) in [5, 5.41) is 0. The zero-order valence-electron chi connectivity index (χ0n) is 13.7. The van der Waals surface area contributed by atoms with Gasteiger partial charge in [0.2, 0.25) is 15.9 Å². The second-order valence-electron chi connectivity index (χ2n) is 5.71. The second-order valence-corrected chi connectivity index (χ2v) is 7.97. The van der Waals surface area contributed by atoms with Crippen molar-refractivity contribution in [2.45, 2.75) is 13.5 Å². The molecule has 1 saturated heterocycles. The number of hydrogen-bond donors (Lipinski definition) is 0. The Morgan fingerprint density at radius 3 is 2.57 bits per heavy atom. The van der Waals surface area contributed by atoms with Crippen molar-refractivity contribution in [3.8, 4) is 0 Å². The van der Waals surface area contributed by atoms with Gasteiger partial charge in [-0.05, 0) is 25.6 Å². The predicted molar refractivity (Wildman–Crippen MR) is 88.2 cm³/mol. The smallest absolute Gasteiger partial charge is 0.236 e. The van der Waals surface area contributed by atoms with Crippen molar-refractivity contribution in [1.29, 1.82) is 0 Å². The van der Waals surface area contributed by atoms with Gasteiger partial charge in [-0.2, -0.15) is 4.31 Å². The molecule has 0 bridgehead atoms. The summed E-state index contributed by atoms with van der Waals surface area (Å²) in [5.41, 5.74) is 1.06. The van der Waals surface area contributed by atoms with Gasteiger partial charge in [0.25, 0.3) is 0 Å². The number of nitrogens with zero attached hydrogens (tertiary/aromatic N) is 4. The van der Waals surface area contributed by atoms with Gasteiger partial charge in [0.05, 0.1) is 12.3 Å². The fourth-order valence-electron chi connectivity index (χ4n) is 2.59. The minimum Gasteiger partial charge on any atom is -0.339 e. The number of likely N-dealkylation sites (N-methyl/N-ethyl adjacent to an activating group) is 1. The third kappa shape index (κ3) is 4.98. The summed E-state index contributed by atoms with van der Waals surface area (Å²) in [6.45, 7) is 4.29. The molecule has 128 valence electrons. The summed E-state index contributed by atoms with van der Waals surface area (Å²) in [6.07, 6.45) is 3.51. The topological polar surface area (TPSA) is 73.8 Å². The summed E-state index contributed by atoms with van der Waals surface area (Å²) in [4.78, 5) is 20.1. The van der Waals surface area contributed by atoms with Gasteiger partial charge in [0, 0.05) is 45.1 Å². The standard InChI is InChI=1S/C15H24N4O3S/c1-3-23(21,22)19-9-7-18(8-10-19)15(20)13-17(2)12-14-5-4-6-16-11-14/h4-6,11H,3,7-10,12-13H2,1-2H3. The van der Waals surface area contributed by atoms with Crippen molar-refractivity contribution in [3.63, 3.8) is 0 Å². The molecule has 0 unspecified atom stereocenters. The third-order valence-electron chi connectivity index (χ3n) is 3.93. The molecule has 1 aliphatic rings. The molecule has 7 nitrogen and oxygen atoms in total. The van der Waals surface area contributed by atoms with E-state index in [1.54, 1.807) is 24.2 Å². The second kappa shape index (κ2) is 7.85. The Morgan fingerprint density at radius 2 is 2.00 bits per heavy atom. The van der Waals surface area contributed by atoms with Crippen LogP contribution in [0.3, 0.4) is 0 Å². The lowest BCUT2D eigenvalue weighted by Gasteiger charge is -2.34. The minimum atomic E-state index is -3.16. The van der Waals surface area contributed by atoms with E-state index in [1.807, 2.05) is 24.1 Å². The SMILES string of the molecule is CCS(=O)(=O)N1CCN(C(=O)CN(C)Cc2cccnc2)CC1. The molecular weight excluding hydrogens is 316 g/mol. The fraction of sp³-hybridized carbons (Fsp3) is 0.600. The number of carbonyl (C=O) groups excluding carboxylic acids is 1. The normalized spacial score (nSPS) is 16.7. The molecule has 8 heteroatoms. The first-order valence-electron chi connectivity index (χ1n) is 7.75. The van der Waals surface area contributed by atoms with Crippen LogP contribution >= 0.6 is 0 Å². The maximum absolute atomic E-state index is 12.3. The monoisotopic (exact) mass is 340 g/mol. The highest BCUT2D eigenvalue weighted by Crippen LogP contribution is 2.09. The summed E-state index contributed by atoms with van der Waals surface area (Å²) >= 11 is 0. The van der Waals surface area contributed by atoms with Gasteiger partial charge >= 0.3 is 0 Å². The Balaban J connectivity index is 1.81. The number of rotatable bonds is 6. The van der Waals surface area contributed by atoms with Gasteiger partial charge in [-0.15, -0.1) is 0 Å². The van der Waals surface area contributed by atoms with E-state index in [0.29, 0.717) is 39.3 Å². The molecule has 1 aromatic heterocycles. The van der Waals surface area contributed by atoms with E-state index in [4.69, 9.17) is 0 Å². The van der Waals surface area contributed by atoms with Crippen LogP contribution in [-0.2, 0) is 21.4 Å². The minimum absolute atomic E-state index is 0.0323. The van der Waals surface area contributed by atoms with Crippen LogP contribution in [0.25, 0.3) is 0 Å². The number of aromatic nitrogens is 1. The van der Waals surface area contributed by atoms with Gasteiger partial charge in [0.1, 0.15) is 0 Å². The first-order chi connectivity index (χ1) is 10.9. The molecule has 23 heavy (non-hydrogen) atoms. The summed E-state index contributed by atoms with van der Waals surface area (Å²) < 4.78 is 25.1. The summed E-state index contributed by atoms with van der Waals surface area (Å²) in [7, 11) is -1.26. The van der Waals surface area contributed by atoms with Crippen LogP contribution in [0.2, 0.25) is 0 Å². The average Bonchev–Trinajstić information content (AvgIpc) is 2.55. The zero-order valence-corrected chi connectivity index (χ0v) is 14.5. The van der Waals surface area contributed by atoms with Crippen molar-refractivity contribution >= 4 is 15.9 Å². The van der Waals surface area contributed by atoms with Crippen LogP contribution in [0.1, 0.15) is 12.5 Å². The van der Waals surface area contributed by atoms with E-state index >= 15 is 0 Å². The van der Waals surface area contributed by atoms with E-state index in [-0.39, 0.29) is 11.7 Å². The molecule has 1 amide bonds. The maximum Gasteiger partial charge on any atom is 0.236 e. The van der Waals surface area contributed by atoms with E-state index < -0.39 is 10.0 Å². The molecule has 1 fully saturated rings. The molecule has 2 rings (SSSR count). The number of hydrogen-bond acceptors (Lipinski definition) is 5. The van der Waals surface area contributed by atoms with Crippen LogP contribution in [-0.4, -0.2) is 78.9 Å². The number of sulfonamides is 1. The van der Waals surface area contributed by atoms with Gasteiger partial charge in [-0.25, -0.2) is 8.42 Å². The summed E-state index contributed by atoms with van der Waals surface area (Å²) in [6, 6.07) is 3.85. The molecule has 0 atom stereocenters. The van der Waals surface area contributed by atoms with Crippen molar-refractivity contribution in [3.05, 3.63) is 30.1 Å². The molecule has 0 spiro atoms. The Kier molecular flexibility index (Phi) is 6.09. The summed E-state index contributed by atoms with van der Waals surface area (Å²) in [5.74, 6) is 0.138. The highest BCUT2D eigenvalue weighted by atomic mass is 32.2. The van der Waals surface area contributed by atoms with Crippen LogP contribution < -0.4 is 0 Å². The van der Waals surface area contributed by atoms with Crippen molar-refractivity contribution in [1.82, 2.24) is 19.1 Å². The Bertz CT molecular complexity index is 613. The van der Waals surface area contributed by atoms with Crippen LogP contribution in [0, 0.1) is 0 Å². The quantitative estimate of drug-likeness (QED) is 0.729. The lowest BCUT2D eigenvalue weighted by atomic mass is 10.2. The van der Waals surface area contributed by atoms with Gasteiger partial charge in [-0.3, -0.25) is 14.7 Å². The first-order valence-corrected chi connectivity index (χ1v) is 9.36. The van der Waals surface area contributed by atoms with Crippen LogP contribution in [0.4, 0.5) is 0 Å². The zero-order chi connectivity index (χ0) is 16.9. The van der Waals surface area contributed by atoms with E-state index in [9.17, 15) is 13.2 Å². The van der Waals surface area contributed by atoms with Crippen molar-refractivity contribution < 1.29 is 13.2 Å². The first kappa shape index (κ1) is 17.8. The molecule has 0 radical (unpaired) electrons. The molecular formula is C15H24N4O3S. The average molecular weight is 340 g/mol. The Morgan fingerprint density at radius 1 is 1.30 bits per heavy atom. The van der Waals surface area contributed by atoms with Crippen molar-refractivity contribution in [2.24, 2.45) is 0 Å². The molecule has 0 aliphatic carbocycles. The maximum atomic E-state index is 12.3. The van der Waals surface area contributed by atoms with E-state index in [1.165, 1.54) is 4.31 Å². The van der Waals surface area contributed by atoms with Gasteiger partial charge in [0.15, 0.2) is 0 Å². The lowest BCUT2D eigenvalue weighted by Crippen LogP contribution is -2.52. The largest absolute Gasteiger partial charge is 0.339 e. The van der Waals surface area contributed by atoms with Crippen molar-refractivity contribution in [2.75, 3.05) is 45.5 Å². The lowest BCUT2D eigenvalue weighted by molar-refractivity contribution is -0.133. The molecule has 1 aromatic rings. The van der Waals surface area contributed by atoms with Crippen LogP contribution in [0.5, 0.6) is 0 Å². The molecule has 0 aromatic carbocycles.